The summed E-state index contributed by atoms with van der Waals surface area (Å²) in [6.45, 7) is 3.51. The van der Waals surface area contributed by atoms with Crippen LogP contribution >= 0.6 is 0 Å². The van der Waals surface area contributed by atoms with Crippen LogP contribution in [0.2, 0.25) is 0 Å². The maximum absolute atomic E-state index is 10.9. The van der Waals surface area contributed by atoms with Crippen LogP contribution in [0.4, 0.5) is 5.69 Å². The number of hydrogen-bond acceptors (Lipinski definition) is 4. The fourth-order valence-electron chi connectivity index (χ4n) is 1.41. The molecule has 6 nitrogen and oxygen atoms in total. The summed E-state index contributed by atoms with van der Waals surface area (Å²) in [6.07, 6.45) is 1.35. The van der Waals surface area contributed by atoms with Crippen molar-refractivity contribution in [3.63, 3.8) is 0 Å². The largest absolute Gasteiger partial charge is 0.480 e. The zero-order valence-electron chi connectivity index (χ0n) is 10.1. The number of benzene rings is 1. The number of nitro benzene ring substituents is 1. The van der Waals surface area contributed by atoms with Crippen LogP contribution in [0.3, 0.4) is 0 Å². The first-order chi connectivity index (χ1) is 8.41. The van der Waals surface area contributed by atoms with Crippen molar-refractivity contribution in [3.8, 4) is 0 Å². The standard InChI is InChI=1S/C12H14N2O4/c1-8(2)11(12(15)16)13-7-9-4-3-5-10(6-9)14(17)18/h3-8,11H,1-2H3,(H,15,16). The number of carboxylic acid groups (broad SMARTS) is 1. The Hall–Kier alpha value is -2.24. The van der Waals surface area contributed by atoms with Gasteiger partial charge in [-0.15, -0.1) is 0 Å². The minimum atomic E-state index is -1.01. The van der Waals surface area contributed by atoms with Gasteiger partial charge in [0.1, 0.15) is 6.04 Å². The normalized spacial score (nSPS) is 12.8. The lowest BCUT2D eigenvalue weighted by atomic mass is 10.1. The van der Waals surface area contributed by atoms with Gasteiger partial charge in [0.15, 0.2) is 0 Å². The summed E-state index contributed by atoms with van der Waals surface area (Å²) < 4.78 is 0. The number of aliphatic imine (C=N–C) groups is 1. The molecule has 1 aromatic rings. The van der Waals surface area contributed by atoms with Crippen molar-refractivity contribution in [3.05, 3.63) is 39.9 Å². The molecule has 0 saturated carbocycles. The minimum absolute atomic E-state index is 0.0460. The predicted octanol–water partition coefficient (Wildman–Crippen LogP) is 2.12. The van der Waals surface area contributed by atoms with Crippen LogP contribution in [0.5, 0.6) is 0 Å². The van der Waals surface area contributed by atoms with Crippen LogP contribution in [0.25, 0.3) is 0 Å². The van der Waals surface area contributed by atoms with E-state index in [0.29, 0.717) is 5.56 Å². The number of nitrogens with zero attached hydrogens (tertiary/aromatic N) is 2. The van der Waals surface area contributed by atoms with E-state index in [2.05, 4.69) is 4.99 Å². The first-order valence-electron chi connectivity index (χ1n) is 5.42. The smallest absolute Gasteiger partial charge is 0.328 e. The summed E-state index contributed by atoms with van der Waals surface area (Å²) in [5.74, 6) is -1.15. The predicted molar refractivity (Wildman–Crippen MR) is 67.0 cm³/mol. The Morgan fingerprint density at radius 3 is 2.67 bits per heavy atom. The summed E-state index contributed by atoms with van der Waals surface area (Å²) >= 11 is 0. The van der Waals surface area contributed by atoms with Gasteiger partial charge < -0.3 is 5.11 Å². The summed E-state index contributed by atoms with van der Waals surface area (Å²) in [4.78, 5) is 24.9. The van der Waals surface area contributed by atoms with E-state index in [1.165, 1.54) is 24.4 Å². The molecule has 0 radical (unpaired) electrons. The van der Waals surface area contributed by atoms with E-state index in [9.17, 15) is 14.9 Å². The van der Waals surface area contributed by atoms with Gasteiger partial charge in [-0.25, -0.2) is 4.79 Å². The fraction of sp³-hybridized carbons (Fsp3) is 0.333. The molecule has 18 heavy (non-hydrogen) atoms. The van der Waals surface area contributed by atoms with Gasteiger partial charge in [-0.2, -0.15) is 0 Å². The highest BCUT2D eigenvalue weighted by Crippen LogP contribution is 2.12. The number of rotatable bonds is 5. The first-order valence-corrected chi connectivity index (χ1v) is 5.42. The molecule has 0 aliphatic rings. The topological polar surface area (TPSA) is 92.8 Å². The first kappa shape index (κ1) is 13.8. The Morgan fingerprint density at radius 1 is 1.50 bits per heavy atom. The van der Waals surface area contributed by atoms with Crippen molar-refractivity contribution in [1.29, 1.82) is 0 Å². The number of hydrogen-bond donors (Lipinski definition) is 1. The molecular weight excluding hydrogens is 236 g/mol. The number of nitro groups is 1. The molecule has 1 rings (SSSR count). The summed E-state index contributed by atoms with van der Waals surface area (Å²) in [5.41, 5.74) is 0.464. The third-order valence-electron chi connectivity index (χ3n) is 2.35. The molecule has 1 atom stereocenters. The molecule has 0 heterocycles. The highest BCUT2D eigenvalue weighted by Gasteiger charge is 2.19. The summed E-state index contributed by atoms with van der Waals surface area (Å²) in [7, 11) is 0. The van der Waals surface area contributed by atoms with Crippen molar-refractivity contribution < 1.29 is 14.8 Å². The molecule has 0 aliphatic carbocycles. The lowest BCUT2D eigenvalue weighted by molar-refractivity contribution is -0.384. The summed E-state index contributed by atoms with van der Waals surface area (Å²) in [6, 6.07) is 5.04. The Kier molecular flexibility index (Phi) is 4.53. The molecule has 0 amide bonds. The highest BCUT2D eigenvalue weighted by molar-refractivity contribution is 5.84. The zero-order chi connectivity index (χ0) is 13.7. The molecule has 1 unspecified atom stereocenters. The van der Waals surface area contributed by atoms with Crippen molar-refractivity contribution >= 4 is 17.9 Å². The van der Waals surface area contributed by atoms with E-state index < -0.39 is 16.9 Å². The lowest BCUT2D eigenvalue weighted by Crippen LogP contribution is -2.24. The molecule has 1 aromatic carbocycles. The molecule has 1 N–H and O–H groups in total. The van der Waals surface area contributed by atoms with E-state index in [1.807, 2.05) is 0 Å². The molecule has 0 aromatic heterocycles. The van der Waals surface area contributed by atoms with E-state index >= 15 is 0 Å². The second kappa shape index (κ2) is 5.90. The van der Waals surface area contributed by atoms with Gasteiger partial charge in [-0.1, -0.05) is 26.0 Å². The Labute approximate surface area is 104 Å². The minimum Gasteiger partial charge on any atom is -0.480 e. The lowest BCUT2D eigenvalue weighted by Gasteiger charge is -2.10. The second-order valence-electron chi connectivity index (χ2n) is 4.16. The SMILES string of the molecule is CC(C)C(N=Cc1cccc([N+](=O)[O-])c1)C(=O)O. The van der Waals surface area contributed by atoms with Gasteiger partial charge >= 0.3 is 5.97 Å². The maximum atomic E-state index is 10.9. The monoisotopic (exact) mass is 250 g/mol. The van der Waals surface area contributed by atoms with Crippen LogP contribution in [0, 0.1) is 16.0 Å². The van der Waals surface area contributed by atoms with Crippen LogP contribution in [0.15, 0.2) is 29.3 Å². The van der Waals surface area contributed by atoms with Crippen molar-refractivity contribution in [2.45, 2.75) is 19.9 Å². The van der Waals surface area contributed by atoms with E-state index in [4.69, 9.17) is 5.11 Å². The number of carbonyl (C=O) groups is 1. The molecule has 0 bridgehead atoms. The maximum Gasteiger partial charge on any atom is 0.328 e. The van der Waals surface area contributed by atoms with Crippen molar-refractivity contribution in [1.82, 2.24) is 0 Å². The number of non-ortho nitro benzene ring substituents is 1. The average Bonchev–Trinajstić information content (AvgIpc) is 2.28. The van der Waals surface area contributed by atoms with Gasteiger partial charge in [-0.05, 0) is 11.5 Å². The Balaban J connectivity index is 2.92. The molecule has 0 fully saturated rings. The van der Waals surface area contributed by atoms with Crippen molar-refractivity contribution in [2.24, 2.45) is 10.9 Å². The molecule has 96 valence electrons. The summed E-state index contributed by atoms with van der Waals surface area (Å²) in [5, 5.41) is 19.5. The number of aliphatic carboxylic acids is 1. The van der Waals surface area contributed by atoms with E-state index in [0.717, 1.165) is 0 Å². The van der Waals surface area contributed by atoms with Gasteiger partial charge in [-0.3, -0.25) is 15.1 Å². The second-order valence-corrected chi connectivity index (χ2v) is 4.16. The van der Waals surface area contributed by atoms with Crippen LogP contribution in [-0.2, 0) is 4.79 Å². The molecule has 0 saturated heterocycles. The fourth-order valence-corrected chi connectivity index (χ4v) is 1.41. The van der Waals surface area contributed by atoms with Gasteiger partial charge in [0.2, 0.25) is 0 Å². The van der Waals surface area contributed by atoms with Crippen LogP contribution in [-0.4, -0.2) is 28.3 Å². The Morgan fingerprint density at radius 2 is 2.17 bits per heavy atom. The van der Waals surface area contributed by atoms with Gasteiger partial charge in [0.05, 0.1) is 4.92 Å². The molecule has 0 aliphatic heterocycles. The molecule has 6 heteroatoms. The zero-order valence-corrected chi connectivity index (χ0v) is 10.1. The number of carboxylic acids is 1. The van der Waals surface area contributed by atoms with E-state index in [-0.39, 0.29) is 11.6 Å². The highest BCUT2D eigenvalue weighted by atomic mass is 16.6. The quantitative estimate of drug-likeness (QED) is 0.492. The average molecular weight is 250 g/mol. The molecule has 0 spiro atoms. The van der Waals surface area contributed by atoms with Crippen LogP contribution in [0.1, 0.15) is 19.4 Å². The van der Waals surface area contributed by atoms with Gasteiger partial charge in [0, 0.05) is 18.3 Å². The van der Waals surface area contributed by atoms with Gasteiger partial charge in [0.25, 0.3) is 5.69 Å². The van der Waals surface area contributed by atoms with Crippen molar-refractivity contribution in [2.75, 3.05) is 0 Å². The third-order valence-corrected chi connectivity index (χ3v) is 2.35. The van der Waals surface area contributed by atoms with Crippen LogP contribution < -0.4 is 0 Å². The third kappa shape index (κ3) is 3.65. The Bertz CT molecular complexity index is 483. The molecular formula is C12H14N2O4. The van der Waals surface area contributed by atoms with E-state index in [1.54, 1.807) is 19.9 Å².